The molecule has 0 radical (unpaired) electrons. The van der Waals surface area contributed by atoms with Crippen molar-refractivity contribution < 1.29 is 14.0 Å². The Morgan fingerprint density at radius 3 is 2.44 bits per heavy atom. The Balaban J connectivity index is 2.18. The van der Waals surface area contributed by atoms with Crippen LogP contribution in [0.3, 0.4) is 0 Å². The van der Waals surface area contributed by atoms with Gasteiger partial charge in [-0.05, 0) is 48.7 Å². The number of benzene rings is 2. The lowest BCUT2D eigenvalue weighted by Crippen LogP contribution is -2.39. The van der Waals surface area contributed by atoms with E-state index in [-0.39, 0.29) is 18.4 Å². The molecule has 3 N–H and O–H groups in total. The predicted octanol–water partition coefficient (Wildman–Crippen LogP) is 3.35. The highest BCUT2D eigenvalue weighted by atomic mass is 19.1. The molecule has 0 aromatic heterocycles. The van der Waals surface area contributed by atoms with Gasteiger partial charge in [0.1, 0.15) is 11.9 Å². The van der Waals surface area contributed by atoms with Gasteiger partial charge in [-0.15, -0.1) is 0 Å². The van der Waals surface area contributed by atoms with Crippen molar-refractivity contribution in [2.75, 3.05) is 18.9 Å². The molecule has 2 aromatic carbocycles. The third-order valence-corrected chi connectivity index (χ3v) is 4.46. The summed E-state index contributed by atoms with van der Waals surface area (Å²) in [6, 6.07) is 10.6. The van der Waals surface area contributed by atoms with E-state index >= 15 is 0 Å². The highest BCUT2D eigenvalue weighted by molar-refractivity contribution is 5.94. The number of nitrogens with two attached hydrogens (primary N) is 1. The van der Waals surface area contributed by atoms with Crippen LogP contribution in [-0.4, -0.2) is 30.3 Å². The molecule has 144 valence electrons. The summed E-state index contributed by atoms with van der Waals surface area (Å²) in [5.74, 6) is -1.12. The smallest absolute Gasteiger partial charge is 0.239 e. The van der Waals surface area contributed by atoms with Gasteiger partial charge in [0.2, 0.25) is 11.8 Å². The zero-order chi connectivity index (χ0) is 20.1. The molecule has 0 spiro atoms. The lowest BCUT2D eigenvalue weighted by molar-refractivity contribution is -0.124. The van der Waals surface area contributed by atoms with Crippen molar-refractivity contribution in [1.82, 2.24) is 4.90 Å². The standard InChI is InChI=1S/C21H26FN3O2/c1-13(2)17-10-5-7-14(3)19(17)24-18(26)12-25(4)20(21(23)27)15-8-6-9-16(22)11-15/h5-11,13,20H,12H2,1-4H3,(H2,23,27)(H,24,26)/t20-/m1/s1. The number of primary amides is 1. The Bertz CT molecular complexity index is 836. The number of rotatable bonds is 7. The number of para-hydroxylation sites is 1. The summed E-state index contributed by atoms with van der Waals surface area (Å²) in [6.45, 7) is 5.99. The zero-order valence-electron chi connectivity index (χ0n) is 16.1. The van der Waals surface area contributed by atoms with E-state index in [1.54, 1.807) is 13.1 Å². The number of amides is 2. The van der Waals surface area contributed by atoms with Crippen LogP contribution in [0.1, 0.15) is 42.5 Å². The summed E-state index contributed by atoms with van der Waals surface area (Å²) in [4.78, 5) is 26.0. The van der Waals surface area contributed by atoms with Gasteiger partial charge in [-0.1, -0.05) is 44.2 Å². The topological polar surface area (TPSA) is 75.4 Å². The number of carbonyl (C=O) groups is 2. The zero-order valence-corrected chi connectivity index (χ0v) is 16.1. The van der Waals surface area contributed by atoms with Gasteiger partial charge in [-0.2, -0.15) is 0 Å². The molecule has 2 rings (SSSR count). The SMILES string of the molecule is Cc1cccc(C(C)C)c1NC(=O)CN(C)[C@@H](C(N)=O)c1cccc(F)c1. The van der Waals surface area contributed by atoms with Gasteiger partial charge in [-0.25, -0.2) is 4.39 Å². The van der Waals surface area contributed by atoms with Gasteiger partial charge in [0.15, 0.2) is 0 Å². The van der Waals surface area contributed by atoms with Crippen LogP contribution >= 0.6 is 0 Å². The molecule has 1 atom stereocenters. The fraction of sp³-hybridized carbons (Fsp3) is 0.333. The molecule has 0 heterocycles. The summed E-state index contributed by atoms with van der Waals surface area (Å²) >= 11 is 0. The van der Waals surface area contributed by atoms with Gasteiger partial charge in [0, 0.05) is 5.69 Å². The van der Waals surface area contributed by atoms with Gasteiger partial charge in [-0.3, -0.25) is 14.5 Å². The maximum atomic E-state index is 13.5. The van der Waals surface area contributed by atoms with E-state index in [2.05, 4.69) is 19.2 Å². The number of anilines is 1. The van der Waals surface area contributed by atoms with E-state index in [4.69, 9.17) is 5.73 Å². The Morgan fingerprint density at radius 2 is 1.85 bits per heavy atom. The molecule has 0 aliphatic rings. The third kappa shape index (κ3) is 5.14. The minimum atomic E-state index is -0.895. The third-order valence-electron chi connectivity index (χ3n) is 4.46. The van der Waals surface area contributed by atoms with Gasteiger partial charge < -0.3 is 11.1 Å². The van der Waals surface area contributed by atoms with Crippen molar-refractivity contribution in [3.05, 3.63) is 65.0 Å². The van der Waals surface area contributed by atoms with Crippen LogP contribution in [0.15, 0.2) is 42.5 Å². The van der Waals surface area contributed by atoms with Crippen molar-refractivity contribution in [2.24, 2.45) is 5.73 Å². The second kappa shape index (κ2) is 8.77. The first-order valence-corrected chi connectivity index (χ1v) is 8.85. The number of halogens is 1. The van der Waals surface area contributed by atoms with Crippen molar-refractivity contribution >= 4 is 17.5 Å². The maximum absolute atomic E-state index is 13.5. The second-order valence-electron chi connectivity index (χ2n) is 7.02. The molecule has 6 heteroatoms. The second-order valence-corrected chi connectivity index (χ2v) is 7.02. The summed E-state index contributed by atoms with van der Waals surface area (Å²) in [6.07, 6.45) is 0. The van der Waals surface area contributed by atoms with Crippen LogP contribution in [0.4, 0.5) is 10.1 Å². The van der Waals surface area contributed by atoms with Crippen molar-refractivity contribution in [1.29, 1.82) is 0 Å². The van der Waals surface area contributed by atoms with Crippen LogP contribution in [0.5, 0.6) is 0 Å². The first-order valence-electron chi connectivity index (χ1n) is 8.85. The summed E-state index contributed by atoms with van der Waals surface area (Å²) < 4.78 is 13.5. The fourth-order valence-electron chi connectivity index (χ4n) is 3.15. The number of hydrogen-bond acceptors (Lipinski definition) is 3. The average molecular weight is 371 g/mol. The number of nitrogens with zero attached hydrogens (tertiary/aromatic N) is 1. The lowest BCUT2D eigenvalue weighted by atomic mass is 9.98. The molecular formula is C21H26FN3O2. The fourth-order valence-corrected chi connectivity index (χ4v) is 3.15. The molecule has 2 aromatic rings. The molecule has 0 saturated carbocycles. The summed E-state index contributed by atoms with van der Waals surface area (Å²) in [7, 11) is 1.61. The van der Waals surface area contributed by atoms with E-state index < -0.39 is 17.8 Å². The van der Waals surface area contributed by atoms with Crippen LogP contribution < -0.4 is 11.1 Å². The number of hydrogen-bond donors (Lipinski definition) is 2. The lowest BCUT2D eigenvalue weighted by Gasteiger charge is -2.26. The molecule has 0 aliphatic carbocycles. The van der Waals surface area contributed by atoms with E-state index in [1.807, 2.05) is 25.1 Å². The first-order chi connectivity index (χ1) is 12.7. The highest BCUT2D eigenvalue weighted by Crippen LogP contribution is 2.27. The number of aryl methyl sites for hydroxylation is 1. The molecule has 5 nitrogen and oxygen atoms in total. The van der Waals surface area contributed by atoms with E-state index in [0.29, 0.717) is 5.56 Å². The van der Waals surface area contributed by atoms with Gasteiger partial charge in [0.05, 0.1) is 6.54 Å². The molecule has 0 bridgehead atoms. The minimum Gasteiger partial charge on any atom is -0.368 e. The molecule has 0 fully saturated rings. The number of nitrogens with one attached hydrogen (secondary N) is 1. The molecular weight excluding hydrogens is 345 g/mol. The van der Waals surface area contributed by atoms with E-state index in [1.165, 1.54) is 23.1 Å². The summed E-state index contributed by atoms with van der Waals surface area (Å²) in [5.41, 5.74) is 8.71. The van der Waals surface area contributed by atoms with Crippen molar-refractivity contribution in [3.8, 4) is 0 Å². The van der Waals surface area contributed by atoms with Crippen molar-refractivity contribution in [2.45, 2.75) is 32.7 Å². The van der Waals surface area contributed by atoms with Crippen molar-refractivity contribution in [3.63, 3.8) is 0 Å². The Labute approximate surface area is 159 Å². The van der Waals surface area contributed by atoms with Crippen LogP contribution in [-0.2, 0) is 9.59 Å². The molecule has 0 aliphatic heterocycles. The monoisotopic (exact) mass is 371 g/mol. The molecule has 0 unspecified atom stereocenters. The summed E-state index contributed by atoms with van der Waals surface area (Å²) in [5, 5.41) is 2.94. The Hall–Kier alpha value is -2.73. The minimum absolute atomic E-state index is 0.0595. The van der Waals surface area contributed by atoms with E-state index in [0.717, 1.165) is 16.8 Å². The first kappa shape index (κ1) is 20.6. The predicted molar refractivity (Wildman–Crippen MR) is 105 cm³/mol. The van der Waals surface area contributed by atoms with Gasteiger partial charge in [0.25, 0.3) is 0 Å². The van der Waals surface area contributed by atoms with Crippen LogP contribution in [0.2, 0.25) is 0 Å². The number of carbonyl (C=O) groups excluding carboxylic acids is 2. The maximum Gasteiger partial charge on any atom is 0.239 e. The average Bonchev–Trinajstić information content (AvgIpc) is 2.56. The molecule has 2 amide bonds. The number of likely N-dealkylation sites (N-methyl/N-ethyl adjacent to an activating group) is 1. The Morgan fingerprint density at radius 1 is 1.19 bits per heavy atom. The quantitative estimate of drug-likeness (QED) is 0.784. The van der Waals surface area contributed by atoms with Gasteiger partial charge >= 0.3 is 0 Å². The largest absolute Gasteiger partial charge is 0.368 e. The molecule has 0 saturated heterocycles. The highest BCUT2D eigenvalue weighted by Gasteiger charge is 2.25. The Kier molecular flexibility index (Phi) is 6.69. The molecule has 27 heavy (non-hydrogen) atoms. The van der Waals surface area contributed by atoms with Crippen LogP contribution in [0.25, 0.3) is 0 Å². The van der Waals surface area contributed by atoms with Crippen LogP contribution in [0, 0.1) is 12.7 Å². The van der Waals surface area contributed by atoms with E-state index in [9.17, 15) is 14.0 Å². The normalized spacial score (nSPS) is 12.3.